The highest BCUT2D eigenvalue weighted by Gasteiger charge is 2.07. The third kappa shape index (κ3) is 4.76. The van der Waals surface area contributed by atoms with E-state index in [9.17, 15) is 5.11 Å². The van der Waals surface area contributed by atoms with Crippen LogP contribution in [-0.2, 0) is 6.54 Å². The first-order valence-electron chi connectivity index (χ1n) is 7.18. The molecule has 0 radical (unpaired) electrons. The molecule has 1 atom stereocenters. The van der Waals surface area contributed by atoms with Gasteiger partial charge in [-0.1, -0.05) is 12.1 Å². The van der Waals surface area contributed by atoms with Crippen molar-refractivity contribution < 1.29 is 9.84 Å². The first kappa shape index (κ1) is 15.3. The van der Waals surface area contributed by atoms with Gasteiger partial charge in [-0.05, 0) is 50.6 Å². The molecule has 0 saturated heterocycles. The molecule has 2 aromatic rings. The number of hydrogen-bond acceptors (Lipinski definition) is 4. The van der Waals surface area contributed by atoms with Gasteiger partial charge in [-0.3, -0.25) is 4.98 Å². The van der Waals surface area contributed by atoms with Gasteiger partial charge in [-0.15, -0.1) is 0 Å². The van der Waals surface area contributed by atoms with Crippen LogP contribution in [-0.4, -0.2) is 16.2 Å². The predicted molar refractivity (Wildman–Crippen MR) is 83.4 cm³/mol. The van der Waals surface area contributed by atoms with Gasteiger partial charge in [0.05, 0.1) is 18.0 Å². The second-order valence-corrected chi connectivity index (χ2v) is 5.35. The fourth-order valence-electron chi connectivity index (χ4n) is 2.03. The van der Waals surface area contributed by atoms with E-state index >= 15 is 0 Å². The van der Waals surface area contributed by atoms with Gasteiger partial charge in [0.1, 0.15) is 11.5 Å². The molecular weight excluding hydrogens is 264 g/mol. The SMILES string of the molecule is CC(C)Oc1cccc(C(C)NCc2ccc(O)cn2)c1. The van der Waals surface area contributed by atoms with Crippen LogP contribution in [0.5, 0.6) is 11.5 Å². The highest BCUT2D eigenvalue weighted by atomic mass is 16.5. The molecule has 4 heteroatoms. The van der Waals surface area contributed by atoms with E-state index in [-0.39, 0.29) is 17.9 Å². The number of ether oxygens (including phenoxy) is 1. The maximum Gasteiger partial charge on any atom is 0.133 e. The minimum atomic E-state index is 0.171. The lowest BCUT2D eigenvalue weighted by atomic mass is 10.1. The summed E-state index contributed by atoms with van der Waals surface area (Å²) in [6.45, 7) is 6.79. The zero-order valence-electron chi connectivity index (χ0n) is 12.7. The van der Waals surface area contributed by atoms with E-state index in [1.54, 1.807) is 6.07 Å². The molecule has 4 nitrogen and oxygen atoms in total. The summed E-state index contributed by atoms with van der Waals surface area (Å²) in [5.74, 6) is 1.07. The van der Waals surface area contributed by atoms with Crippen molar-refractivity contribution in [3.05, 3.63) is 53.9 Å². The normalized spacial score (nSPS) is 12.4. The van der Waals surface area contributed by atoms with Crippen LogP contribution in [0.25, 0.3) is 0 Å². The van der Waals surface area contributed by atoms with Crippen molar-refractivity contribution in [3.63, 3.8) is 0 Å². The Balaban J connectivity index is 1.96. The van der Waals surface area contributed by atoms with Gasteiger partial charge in [-0.2, -0.15) is 0 Å². The van der Waals surface area contributed by atoms with Gasteiger partial charge in [-0.25, -0.2) is 0 Å². The number of rotatable bonds is 6. The van der Waals surface area contributed by atoms with Crippen LogP contribution >= 0.6 is 0 Å². The van der Waals surface area contributed by atoms with Crippen LogP contribution in [0.1, 0.15) is 38.1 Å². The molecule has 0 aliphatic carbocycles. The van der Waals surface area contributed by atoms with E-state index in [4.69, 9.17) is 4.74 Å². The summed E-state index contributed by atoms with van der Waals surface area (Å²) < 4.78 is 5.71. The van der Waals surface area contributed by atoms with E-state index < -0.39 is 0 Å². The molecule has 1 unspecified atom stereocenters. The zero-order chi connectivity index (χ0) is 15.2. The fourth-order valence-corrected chi connectivity index (χ4v) is 2.03. The van der Waals surface area contributed by atoms with Crippen LogP contribution in [0.3, 0.4) is 0 Å². The number of aromatic nitrogens is 1. The molecule has 0 aliphatic heterocycles. The Morgan fingerprint density at radius 1 is 1.19 bits per heavy atom. The van der Waals surface area contributed by atoms with Crippen molar-refractivity contribution in [2.45, 2.75) is 39.5 Å². The van der Waals surface area contributed by atoms with Crippen LogP contribution in [0.15, 0.2) is 42.6 Å². The Morgan fingerprint density at radius 3 is 2.67 bits per heavy atom. The first-order chi connectivity index (χ1) is 10.0. The lowest BCUT2D eigenvalue weighted by Crippen LogP contribution is -2.18. The van der Waals surface area contributed by atoms with Crippen molar-refractivity contribution in [3.8, 4) is 11.5 Å². The van der Waals surface area contributed by atoms with Crippen molar-refractivity contribution in [1.82, 2.24) is 10.3 Å². The molecule has 0 bridgehead atoms. The molecule has 0 fully saturated rings. The molecule has 0 amide bonds. The third-order valence-corrected chi connectivity index (χ3v) is 3.13. The van der Waals surface area contributed by atoms with Gasteiger partial charge < -0.3 is 15.2 Å². The number of hydrogen-bond donors (Lipinski definition) is 2. The molecule has 21 heavy (non-hydrogen) atoms. The Morgan fingerprint density at radius 2 is 2.00 bits per heavy atom. The molecule has 2 rings (SSSR count). The minimum absolute atomic E-state index is 0.171. The van der Waals surface area contributed by atoms with Crippen molar-refractivity contribution >= 4 is 0 Å². The summed E-state index contributed by atoms with van der Waals surface area (Å²) in [6, 6.07) is 11.8. The van der Waals surface area contributed by atoms with Gasteiger partial charge in [0, 0.05) is 12.6 Å². The lowest BCUT2D eigenvalue weighted by molar-refractivity contribution is 0.242. The largest absolute Gasteiger partial charge is 0.506 e. The fraction of sp³-hybridized carbons (Fsp3) is 0.353. The Bertz CT molecular complexity index is 567. The van der Waals surface area contributed by atoms with E-state index in [2.05, 4.69) is 29.4 Å². The predicted octanol–water partition coefficient (Wildman–Crippen LogP) is 3.43. The Labute approximate surface area is 125 Å². The second-order valence-electron chi connectivity index (χ2n) is 5.35. The quantitative estimate of drug-likeness (QED) is 0.854. The maximum atomic E-state index is 9.22. The number of benzene rings is 1. The molecule has 1 aromatic heterocycles. The van der Waals surface area contributed by atoms with Crippen LogP contribution in [0.2, 0.25) is 0 Å². The molecular formula is C17H22N2O2. The van der Waals surface area contributed by atoms with Crippen molar-refractivity contribution in [1.29, 1.82) is 0 Å². The van der Waals surface area contributed by atoms with Crippen molar-refractivity contribution in [2.24, 2.45) is 0 Å². The molecule has 2 N–H and O–H groups in total. The molecule has 0 saturated carbocycles. The average molecular weight is 286 g/mol. The number of aromatic hydroxyl groups is 1. The lowest BCUT2D eigenvalue weighted by Gasteiger charge is -2.16. The minimum Gasteiger partial charge on any atom is -0.506 e. The molecule has 112 valence electrons. The number of nitrogens with one attached hydrogen (secondary N) is 1. The molecule has 0 aliphatic rings. The molecule has 1 aromatic carbocycles. The zero-order valence-corrected chi connectivity index (χ0v) is 12.7. The Hall–Kier alpha value is -2.07. The van der Waals surface area contributed by atoms with Gasteiger partial charge in [0.25, 0.3) is 0 Å². The van der Waals surface area contributed by atoms with E-state index in [1.165, 1.54) is 11.8 Å². The van der Waals surface area contributed by atoms with E-state index in [0.29, 0.717) is 6.54 Å². The summed E-state index contributed by atoms with van der Waals surface area (Å²) >= 11 is 0. The standard InChI is InChI=1S/C17H22N2O2/c1-12(2)21-17-6-4-5-14(9-17)13(3)18-10-15-7-8-16(20)11-19-15/h4-9,11-13,18,20H,10H2,1-3H3. The maximum absolute atomic E-state index is 9.22. The first-order valence-corrected chi connectivity index (χ1v) is 7.18. The summed E-state index contributed by atoms with van der Waals surface area (Å²) in [5, 5.41) is 12.6. The molecule has 0 spiro atoms. The Kier molecular flexibility index (Phi) is 5.17. The van der Waals surface area contributed by atoms with E-state index in [0.717, 1.165) is 11.4 Å². The third-order valence-electron chi connectivity index (χ3n) is 3.13. The summed E-state index contributed by atoms with van der Waals surface area (Å²) in [6.07, 6.45) is 1.63. The summed E-state index contributed by atoms with van der Waals surface area (Å²) in [4.78, 5) is 4.16. The number of nitrogens with zero attached hydrogens (tertiary/aromatic N) is 1. The van der Waals surface area contributed by atoms with Gasteiger partial charge >= 0.3 is 0 Å². The summed E-state index contributed by atoms with van der Waals surface area (Å²) in [7, 11) is 0. The highest BCUT2D eigenvalue weighted by molar-refractivity contribution is 5.30. The summed E-state index contributed by atoms with van der Waals surface area (Å²) in [5.41, 5.74) is 2.07. The van der Waals surface area contributed by atoms with E-state index in [1.807, 2.05) is 32.0 Å². The van der Waals surface area contributed by atoms with Crippen LogP contribution < -0.4 is 10.1 Å². The highest BCUT2D eigenvalue weighted by Crippen LogP contribution is 2.20. The smallest absolute Gasteiger partial charge is 0.133 e. The molecule has 1 heterocycles. The topological polar surface area (TPSA) is 54.4 Å². The monoisotopic (exact) mass is 286 g/mol. The number of pyridine rings is 1. The second kappa shape index (κ2) is 7.09. The van der Waals surface area contributed by atoms with Gasteiger partial charge in [0.2, 0.25) is 0 Å². The average Bonchev–Trinajstić information content (AvgIpc) is 2.46. The van der Waals surface area contributed by atoms with Crippen LogP contribution in [0, 0.1) is 0 Å². The van der Waals surface area contributed by atoms with Gasteiger partial charge in [0.15, 0.2) is 0 Å². The van der Waals surface area contributed by atoms with Crippen LogP contribution in [0.4, 0.5) is 0 Å². The van der Waals surface area contributed by atoms with Crippen molar-refractivity contribution in [2.75, 3.05) is 0 Å².